The van der Waals surface area contributed by atoms with Crippen molar-refractivity contribution >= 4 is 5.91 Å². The molecule has 1 amide bonds. The molecule has 1 fully saturated rings. The Labute approximate surface area is 120 Å². The van der Waals surface area contributed by atoms with Gasteiger partial charge in [-0.25, -0.2) is 0 Å². The second-order valence-corrected chi connectivity index (χ2v) is 5.87. The Kier molecular flexibility index (Phi) is 4.42. The van der Waals surface area contributed by atoms with Gasteiger partial charge in [-0.3, -0.25) is 9.69 Å². The highest BCUT2D eigenvalue weighted by Gasteiger charge is 2.31. The molecule has 0 aromatic carbocycles. The third-order valence-corrected chi connectivity index (χ3v) is 4.06. The molecule has 2 heterocycles. The molecule has 0 unspecified atom stereocenters. The summed E-state index contributed by atoms with van der Waals surface area (Å²) in [5.41, 5.74) is 1.22. The van der Waals surface area contributed by atoms with Crippen LogP contribution in [-0.2, 0) is 6.54 Å². The molecule has 112 valence electrons. The highest BCUT2D eigenvalue weighted by molar-refractivity contribution is 5.93. The van der Waals surface area contributed by atoms with E-state index in [4.69, 9.17) is 0 Å². The number of carbonyl (C=O) groups is 1. The van der Waals surface area contributed by atoms with Gasteiger partial charge in [0.05, 0.1) is 12.2 Å². The smallest absolute Gasteiger partial charge is 0.276 e. The quantitative estimate of drug-likeness (QED) is 0.829. The summed E-state index contributed by atoms with van der Waals surface area (Å²) in [4.78, 5) is 18.5. The zero-order valence-corrected chi connectivity index (χ0v) is 13.1. The Morgan fingerprint density at radius 2 is 2.05 bits per heavy atom. The Bertz CT molecular complexity index is 482. The number of carbonyl (C=O) groups excluding carboxylic acids is 1. The van der Waals surface area contributed by atoms with Gasteiger partial charge in [0.25, 0.3) is 5.91 Å². The van der Waals surface area contributed by atoms with Crippen LogP contribution in [0.5, 0.6) is 0 Å². The van der Waals surface area contributed by atoms with Crippen molar-refractivity contribution in [1.29, 1.82) is 0 Å². The van der Waals surface area contributed by atoms with Crippen LogP contribution >= 0.6 is 0 Å². The third-order valence-electron chi connectivity index (χ3n) is 4.06. The number of aromatic nitrogens is 3. The highest BCUT2D eigenvalue weighted by atomic mass is 16.2. The predicted molar refractivity (Wildman–Crippen MR) is 77.6 cm³/mol. The van der Waals surface area contributed by atoms with E-state index in [0.29, 0.717) is 24.2 Å². The minimum Gasteiger partial charge on any atom is -0.334 e. The number of piperazine rings is 1. The molecule has 6 nitrogen and oxygen atoms in total. The zero-order chi connectivity index (χ0) is 14.9. The van der Waals surface area contributed by atoms with E-state index in [9.17, 15) is 4.79 Å². The van der Waals surface area contributed by atoms with Crippen LogP contribution in [0.25, 0.3) is 0 Å². The molecule has 1 aliphatic rings. The lowest BCUT2D eigenvalue weighted by molar-refractivity contribution is 0.0458. The van der Waals surface area contributed by atoms with Crippen LogP contribution in [0.15, 0.2) is 0 Å². The lowest BCUT2D eigenvalue weighted by atomic mass is 10.00. The number of nitrogens with zero attached hydrogens (tertiary/aromatic N) is 5. The van der Waals surface area contributed by atoms with Crippen molar-refractivity contribution in [3.8, 4) is 0 Å². The van der Waals surface area contributed by atoms with E-state index in [1.807, 2.05) is 18.7 Å². The number of amides is 1. The average molecular weight is 279 g/mol. The van der Waals surface area contributed by atoms with Gasteiger partial charge >= 0.3 is 0 Å². The molecule has 1 aliphatic heterocycles. The Morgan fingerprint density at radius 3 is 2.60 bits per heavy atom. The van der Waals surface area contributed by atoms with Gasteiger partial charge in [-0.05, 0) is 26.8 Å². The lowest BCUT2D eigenvalue weighted by Crippen LogP contribution is -2.55. The summed E-state index contributed by atoms with van der Waals surface area (Å²) in [7, 11) is 2.13. The predicted octanol–water partition coefficient (Wildman–Crippen LogP) is 1.02. The monoisotopic (exact) mass is 279 g/mol. The number of likely N-dealkylation sites (N-methyl/N-ethyl adjacent to an activating group) is 1. The molecule has 0 N–H and O–H groups in total. The third kappa shape index (κ3) is 2.85. The fourth-order valence-electron chi connectivity index (χ4n) is 2.72. The minimum atomic E-state index is 0.0148. The van der Waals surface area contributed by atoms with E-state index in [1.165, 1.54) is 0 Å². The summed E-state index contributed by atoms with van der Waals surface area (Å²) in [6.45, 7) is 11.4. The molecule has 0 saturated carbocycles. The van der Waals surface area contributed by atoms with Crippen LogP contribution in [-0.4, -0.2) is 63.4 Å². The molecule has 1 aromatic rings. The first-order valence-electron chi connectivity index (χ1n) is 7.35. The zero-order valence-electron chi connectivity index (χ0n) is 13.1. The second-order valence-electron chi connectivity index (χ2n) is 5.87. The van der Waals surface area contributed by atoms with Gasteiger partial charge < -0.3 is 4.90 Å². The number of aryl methyl sites for hydroxylation is 2. The van der Waals surface area contributed by atoms with Crippen molar-refractivity contribution in [1.82, 2.24) is 24.8 Å². The van der Waals surface area contributed by atoms with Gasteiger partial charge in [-0.2, -0.15) is 9.90 Å². The van der Waals surface area contributed by atoms with Gasteiger partial charge in [-0.15, -0.1) is 5.10 Å². The first kappa shape index (κ1) is 15.0. The Hall–Kier alpha value is -1.43. The molecule has 20 heavy (non-hydrogen) atoms. The Balaban J connectivity index is 2.14. The van der Waals surface area contributed by atoms with Gasteiger partial charge in [0, 0.05) is 25.7 Å². The largest absolute Gasteiger partial charge is 0.334 e. The van der Waals surface area contributed by atoms with Crippen molar-refractivity contribution in [2.24, 2.45) is 5.92 Å². The van der Waals surface area contributed by atoms with E-state index >= 15 is 0 Å². The molecule has 6 heteroatoms. The van der Waals surface area contributed by atoms with E-state index in [1.54, 1.807) is 4.80 Å². The summed E-state index contributed by atoms with van der Waals surface area (Å²) in [5, 5.41) is 8.55. The van der Waals surface area contributed by atoms with Crippen LogP contribution < -0.4 is 0 Å². The lowest BCUT2D eigenvalue weighted by Gasteiger charge is -2.41. The number of hydrogen-bond donors (Lipinski definition) is 0. The maximum atomic E-state index is 12.6. The van der Waals surface area contributed by atoms with Gasteiger partial charge in [0.1, 0.15) is 0 Å². The van der Waals surface area contributed by atoms with Crippen molar-refractivity contribution < 1.29 is 4.79 Å². The highest BCUT2D eigenvalue weighted by Crippen LogP contribution is 2.17. The first-order chi connectivity index (χ1) is 9.43. The van der Waals surface area contributed by atoms with Crippen molar-refractivity contribution in [2.45, 2.75) is 40.3 Å². The molecule has 0 aliphatic carbocycles. The van der Waals surface area contributed by atoms with E-state index in [-0.39, 0.29) is 5.91 Å². The molecular weight excluding hydrogens is 254 g/mol. The molecule has 1 saturated heterocycles. The fraction of sp³-hybridized carbons (Fsp3) is 0.786. The van der Waals surface area contributed by atoms with Crippen LogP contribution in [0.2, 0.25) is 0 Å². The molecule has 0 bridgehead atoms. The van der Waals surface area contributed by atoms with Crippen molar-refractivity contribution in [2.75, 3.05) is 26.7 Å². The summed E-state index contributed by atoms with van der Waals surface area (Å²) < 4.78 is 0. The summed E-state index contributed by atoms with van der Waals surface area (Å²) >= 11 is 0. The van der Waals surface area contributed by atoms with E-state index in [0.717, 1.165) is 25.3 Å². The maximum absolute atomic E-state index is 12.6. The summed E-state index contributed by atoms with van der Waals surface area (Å²) in [6.07, 6.45) is 0. The second kappa shape index (κ2) is 5.91. The molecule has 2 rings (SSSR count). The van der Waals surface area contributed by atoms with Crippen LogP contribution in [0.3, 0.4) is 0 Å². The summed E-state index contributed by atoms with van der Waals surface area (Å²) in [5.74, 6) is 0.545. The standard InChI is InChI=1S/C14H25N5O/c1-6-19-15-11(4)13(16-19)14(20)18-8-7-17(5)12(9-18)10(2)3/h10,12H,6-9H2,1-5H3/t12-/m1/s1. The topological polar surface area (TPSA) is 54.3 Å². The maximum Gasteiger partial charge on any atom is 0.276 e. The van der Waals surface area contributed by atoms with E-state index in [2.05, 4.69) is 36.0 Å². The van der Waals surface area contributed by atoms with Gasteiger partial charge in [0.15, 0.2) is 5.69 Å². The Morgan fingerprint density at radius 1 is 1.35 bits per heavy atom. The fourth-order valence-corrected chi connectivity index (χ4v) is 2.72. The average Bonchev–Trinajstić information content (AvgIpc) is 2.79. The minimum absolute atomic E-state index is 0.0148. The molecule has 0 radical (unpaired) electrons. The summed E-state index contributed by atoms with van der Waals surface area (Å²) in [6, 6.07) is 0.411. The molecule has 1 atom stereocenters. The molecular formula is C14H25N5O. The molecule has 0 spiro atoms. The van der Waals surface area contributed by atoms with Crippen LogP contribution in [0, 0.1) is 12.8 Å². The van der Waals surface area contributed by atoms with Gasteiger partial charge in [-0.1, -0.05) is 13.8 Å². The van der Waals surface area contributed by atoms with Crippen LogP contribution in [0.1, 0.15) is 37.0 Å². The van der Waals surface area contributed by atoms with Crippen molar-refractivity contribution in [3.05, 3.63) is 11.4 Å². The molecule has 1 aromatic heterocycles. The normalized spacial score (nSPS) is 20.7. The van der Waals surface area contributed by atoms with Gasteiger partial charge in [0.2, 0.25) is 0 Å². The van der Waals surface area contributed by atoms with Crippen LogP contribution in [0.4, 0.5) is 0 Å². The number of hydrogen-bond acceptors (Lipinski definition) is 4. The van der Waals surface area contributed by atoms with E-state index < -0.39 is 0 Å². The number of rotatable bonds is 3. The SMILES string of the molecule is CCn1nc(C)c(C(=O)N2CCN(C)[C@@H](C(C)C)C2)n1. The first-order valence-corrected chi connectivity index (χ1v) is 7.35. The van der Waals surface area contributed by atoms with Crippen molar-refractivity contribution in [3.63, 3.8) is 0 Å².